The molecular weight excluding hydrogens is 226 g/mol. The van der Waals surface area contributed by atoms with Crippen molar-refractivity contribution in [1.82, 2.24) is 4.98 Å². The maximum absolute atomic E-state index is 5.51. The first-order valence-electron chi connectivity index (χ1n) is 6.14. The molecule has 0 saturated heterocycles. The van der Waals surface area contributed by atoms with Gasteiger partial charge in [0.25, 0.3) is 0 Å². The summed E-state index contributed by atoms with van der Waals surface area (Å²) in [6.45, 7) is 3.56. The van der Waals surface area contributed by atoms with Gasteiger partial charge in [-0.05, 0) is 44.2 Å². The minimum atomic E-state index is 0.693. The van der Waals surface area contributed by atoms with Crippen LogP contribution in [0.2, 0.25) is 0 Å². The lowest BCUT2D eigenvalue weighted by atomic mass is 10.1. The Kier molecular flexibility index (Phi) is 3.99. The molecule has 0 aliphatic rings. The highest BCUT2D eigenvalue weighted by Crippen LogP contribution is 2.27. The molecule has 1 aromatic heterocycles. The summed E-state index contributed by atoms with van der Waals surface area (Å²) in [4.78, 5) is 4.52. The average molecular weight is 245 g/mol. The first-order valence-corrected chi connectivity index (χ1v) is 6.14. The zero-order chi connectivity index (χ0) is 13.0. The molecule has 0 bridgehead atoms. The summed E-state index contributed by atoms with van der Waals surface area (Å²) in [6, 6.07) is 7.97. The molecule has 18 heavy (non-hydrogen) atoms. The predicted octanol–water partition coefficient (Wildman–Crippen LogP) is 2.31. The Labute approximate surface area is 107 Å². The largest absolute Gasteiger partial charge is 0.497 e. The molecule has 3 N–H and O–H groups in total. The molecule has 4 nitrogen and oxygen atoms in total. The number of ether oxygens (including phenoxy) is 1. The van der Waals surface area contributed by atoms with Crippen LogP contribution in [0.25, 0.3) is 10.9 Å². The number of pyridine rings is 1. The number of nitrogens with zero attached hydrogens (tertiary/aromatic N) is 1. The van der Waals surface area contributed by atoms with Crippen molar-refractivity contribution >= 4 is 16.6 Å². The Morgan fingerprint density at radius 3 is 2.89 bits per heavy atom. The third kappa shape index (κ3) is 2.71. The van der Waals surface area contributed by atoms with Crippen molar-refractivity contribution in [3.63, 3.8) is 0 Å². The molecule has 0 atom stereocenters. The fourth-order valence-corrected chi connectivity index (χ4v) is 1.94. The Morgan fingerprint density at radius 1 is 1.33 bits per heavy atom. The number of nitrogens with one attached hydrogen (secondary N) is 1. The molecule has 4 heteroatoms. The molecule has 0 radical (unpaired) electrons. The Balaban J connectivity index is 2.41. The number of hydrogen-bond acceptors (Lipinski definition) is 4. The molecule has 1 heterocycles. The number of anilines is 1. The molecule has 0 aliphatic carbocycles. The summed E-state index contributed by atoms with van der Waals surface area (Å²) < 4.78 is 5.26. The van der Waals surface area contributed by atoms with Crippen LogP contribution in [0.5, 0.6) is 5.75 Å². The Bertz CT molecular complexity index is 540. The first-order chi connectivity index (χ1) is 8.74. The van der Waals surface area contributed by atoms with E-state index in [1.807, 2.05) is 25.1 Å². The van der Waals surface area contributed by atoms with Gasteiger partial charge in [-0.1, -0.05) is 0 Å². The lowest BCUT2D eigenvalue weighted by Crippen LogP contribution is -2.09. The van der Waals surface area contributed by atoms with Gasteiger partial charge in [-0.15, -0.1) is 0 Å². The summed E-state index contributed by atoms with van der Waals surface area (Å²) in [5.41, 5.74) is 8.58. The molecule has 2 rings (SSSR count). The number of rotatable bonds is 5. The predicted molar refractivity (Wildman–Crippen MR) is 75.2 cm³/mol. The summed E-state index contributed by atoms with van der Waals surface area (Å²) in [5.74, 6) is 0.843. The van der Waals surface area contributed by atoms with Gasteiger partial charge in [0.05, 0.1) is 12.6 Å². The quantitative estimate of drug-likeness (QED) is 0.794. The van der Waals surface area contributed by atoms with Gasteiger partial charge in [-0.2, -0.15) is 0 Å². The van der Waals surface area contributed by atoms with Crippen molar-refractivity contribution < 1.29 is 4.74 Å². The van der Waals surface area contributed by atoms with Crippen molar-refractivity contribution in [1.29, 1.82) is 0 Å². The summed E-state index contributed by atoms with van der Waals surface area (Å²) in [5, 5.41) is 4.49. The van der Waals surface area contributed by atoms with Gasteiger partial charge in [0, 0.05) is 23.3 Å². The van der Waals surface area contributed by atoms with E-state index in [0.29, 0.717) is 6.54 Å². The van der Waals surface area contributed by atoms with Crippen LogP contribution in [0, 0.1) is 6.92 Å². The van der Waals surface area contributed by atoms with E-state index in [1.165, 1.54) is 0 Å². The van der Waals surface area contributed by atoms with Crippen molar-refractivity contribution in [3.8, 4) is 5.75 Å². The smallest absolute Gasteiger partial charge is 0.119 e. The van der Waals surface area contributed by atoms with E-state index in [1.54, 1.807) is 7.11 Å². The standard InChI is InChI=1S/C14H19N3O/c1-10-8-14(16-7-3-6-15)12-9-11(18-2)4-5-13(12)17-10/h4-5,8-9H,3,6-7,15H2,1-2H3,(H,16,17). The van der Waals surface area contributed by atoms with Gasteiger partial charge >= 0.3 is 0 Å². The second-order valence-electron chi connectivity index (χ2n) is 4.26. The number of aryl methyl sites for hydroxylation is 1. The van der Waals surface area contributed by atoms with Gasteiger partial charge in [0.15, 0.2) is 0 Å². The SMILES string of the molecule is COc1ccc2nc(C)cc(NCCCN)c2c1. The molecule has 0 amide bonds. The minimum Gasteiger partial charge on any atom is -0.497 e. The Hall–Kier alpha value is -1.81. The molecule has 0 spiro atoms. The van der Waals surface area contributed by atoms with Gasteiger partial charge in [0.1, 0.15) is 5.75 Å². The van der Waals surface area contributed by atoms with Crippen LogP contribution < -0.4 is 15.8 Å². The van der Waals surface area contributed by atoms with Crippen LogP contribution in [0.3, 0.4) is 0 Å². The van der Waals surface area contributed by atoms with E-state index in [9.17, 15) is 0 Å². The molecule has 0 saturated carbocycles. The van der Waals surface area contributed by atoms with E-state index in [-0.39, 0.29) is 0 Å². The summed E-state index contributed by atoms with van der Waals surface area (Å²) in [7, 11) is 1.67. The lowest BCUT2D eigenvalue weighted by molar-refractivity contribution is 0.415. The topological polar surface area (TPSA) is 60.2 Å². The van der Waals surface area contributed by atoms with Crippen molar-refractivity contribution in [2.24, 2.45) is 5.73 Å². The molecule has 0 fully saturated rings. The van der Waals surface area contributed by atoms with Crippen LogP contribution in [-0.4, -0.2) is 25.2 Å². The maximum Gasteiger partial charge on any atom is 0.119 e. The number of hydrogen-bond donors (Lipinski definition) is 2. The van der Waals surface area contributed by atoms with E-state index in [0.717, 1.165) is 41.0 Å². The van der Waals surface area contributed by atoms with Crippen molar-refractivity contribution in [3.05, 3.63) is 30.0 Å². The number of aromatic nitrogens is 1. The molecule has 1 aromatic carbocycles. The summed E-state index contributed by atoms with van der Waals surface area (Å²) >= 11 is 0. The van der Waals surface area contributed by atoms with Crippen LogP contribution in [0.4, 0.5) is 5.69 Å². The van der Waals surface area contributed by atoms with Crippen LogP contribution >= 0.6 is 0 Å². The lowest BCUT2D eigenvalue weighted by Gasteiger charge is -2.11. The van der Waals surface area contributed by atoms with Gasteiger partial charge in [0.2, 0.25) is 0 Å². The molecule has 0 unspecified atom stereocenters. The number of nitrogens with two attached hydrogens (primary N) is 1. The van der Waals surface area contributed by atoms with Crippen molar-refractivity contribution in [2.75, 3.05) is 25.5 Å². The van der Waals surface area contributed by atoms with Crippen LogP contribution in [0.1, 0.15) is 12.1 Å². The molecular formula is C14H19N3O. The fourth-order valence-electron chi connectivity index (χ4n) is 1.94. The highest BCUT2D eigenvalue weighted by Gasteiger charge is 2.05. The normalized spacial score (nSPS) is 10.6. The van der Waals surface area contributed by atoms with E-state index < -0.39 is 0 Å². The number of methoxy groups -OCH3 is 1. The fraction of sp³-hybridized carbons (Fsp3) is 0.357. The van der Waals surface area contributed by atoms with Gasteiger partial charge < -0.3 is 15.8 Å². The van der Waals surface area contributed by atoms with E-state index in [4.69, 9.17) is 10.5 Å². The zero-order valence-corrected chi connectivity index (χ0v) is 10.9. The first kappa shape index (κ1) is 12.6. The van der Waals surface area contributed by atoms with Crippen LogP contribution in [0.15, 0.2) is 24.3 Å². The second-order valence-corrected chi connectivity index (χ2v) is 4.26. The van der Waals surface area contributed by atoms with E-state index in [2.05, 4.69) is 16.4 Å². The van der Waals surface area contributed by atoms with E-state index >= 15 is 0 Å². The van der Waals surface area contributed by atoms with Crippen molar-refractivity contribution in [2.45, 2.75) is 13.3 Å². The van der Waals surface area contributed by atoms with Gasteiger partial charge in [-0.25, -0.2) is 0 Å². The highest BCUT2D eigenvalue weighted by atomic mass is 16.5. The second kappa shape index (κ2) is 5.69. The monoisotopic (exact) mass is 245 g/mol. The van der Waals surface area contributed by atoms with Gasteiger partial charge in [-0.3, -0.25) is 4.98 Å². The average Bonchev–Trinajstić information content (AvgIpc) is 2.38. The molecule has 2 aromatic rings. The summed E-state index contributed by atoms with van der Waals surface area (Å²) in [6.07, 6.45) is 0.951. The number of benzene rings is 1. The third-order valence-electron chi connectivity index (χ3n) is 2.84. The third-order valence-corrected chi connectivity index (χ3v) is 2.84. The Morgan fingerprint density at radius 2 is 2.17 bits per heavy atom. The number of fused-ring (bicyclic) bond motifs is 1. The molecule has 0 aliphatic heterocycles. The molecule has 96 valence electrons. The highest BCUT2D eigenvalue weighted by molar-refractivity contribution is 5.92. The van der Waals surface area contributed by atoms with Crippen LogP contribution in [-0.2, 0) is 0 Å². The maximum atomic E-state index is 5.51. The minimum absolute atomic E-state index is 0.693. The zero-order valence-electron chi connectivity index (χ0n) is 10.9.